The van der Waals surface area contributed by atoms with E-state index >= 15 is 0 Å². The van der Waals surface area contributed by atoms with Gasteiger partial charge in [-0.05, 0) is 24.6 Å². The summed E-state index contributed by atoms with van der Waals surface area (Å²) in [5.74, 6) is 0.839. The first kappa shape index (κ1) is 22.3. The van der Waals surface area contributed by atoms with Crippen LogP contribution in [0.1, 0.15) is 17.3 Å². The lowest BCUT2D eigenvalue weighted by Crippen LogP contribution is -2.33. The molecule has 2 atom stereocenters. The van der Waals surface area contributed by atoms with Crippen LogP contribution in [0.5, 0.6) is 11.5 Å². The number of carbonyl (C=O) groups is 1. The average molecular weight is 457 g/mol. The number of hydrogen-bond donors (Lipinski definition) is 1. The normalized spacial score (nSPS) is 24.2. The molecule has 2 aromatic rings. The van der Waals surface area contributed by atoms with Crippen LogP contribution in [0.15, 0.2) is 22.7 Å². The van der Waals surface area contributed by atoms with Crippen molar-refractivity contribution in [2.24, 2.45) is 11.3 Å². The number of alkyl halides is 3. The van der Waals surface area contributed by atoms with Gasteiger partial charge < -0.3 is 23.8 Å². The van der Waals surface area contributed by atoms with Crippen molar-refractivity contribution in [2.45, 2.75) is 26.1 Å². The van der Waals surface area contributed by atoms with Gasteiger partial charge >= 0.3 is 12.1 Å². The first-order chi connectivity index (χ1) is 15.1. The summed E-state index contributed by atoms with van der Waals surface area (Å²) in [7, 11) is 0. The molecule has 174 valence electrons. The molecule has 2 saturated heterocycles. The Morgan fingerprint density at radius 3 is 2.75 bits per heavy atom. The predicted octanol–water partition coefficient (Wildman–Crippen LogP) is 2.43. The molecule has 0 saturated carbocycles. The number of fused-ring (bicyclic) bond motifs is 2. The standard InChI is InChI=1S/C18H21N3O4.C2HF3O2/c1-12-19-17(25-20-12)5-18-9-21(7-14(18)8-22-10-18)6-13-2-3-15-16(4-13)24-11-23-15;3-2(4,5)1(6)7/h2-4,14H,5-11H2,1H3;(H,6,7)/t14-,18+;/m1./s1. The van der Waals surface area contributed by atoms with Crippen molar-refractivity contribution < 1.29 is 41.8 Å². The van der Waals surface area contributed by atoms with Crippen LogP contribution in [0.2, 0.25) is 0 Å². The topological polar surface area (TPSA) is 107 Å². The van der Waals surface area contributed by atoms with Gasteiger partial charge in [-0.25, -0.2) is 4.79 Å². The number of benzene rings is 1. The maximum Gasteiger partial charge on any atom is 0.490 e. The Kier molecular flexibility index (Phi) is 5.99. The van der Waals surface area contributed by atoms with Gasteiger partial charge in [0.05, 0.1) is 13.2 Å². The van der Waals surface area contributed by atoms with Gasteiger partial charge in [-0.1, -0.05) is 11.2 Å². The van der Waals surface area contributed by atoms with Crippen LogP contribution in [-0.4, -0.2) is 65.4 Å². The van der Waals surface area contributed by atoms with Gasteiger partial charge in [0.1, 0.15) is 0 Å². The van der Waals surface area contributed by atoms with E-state index in [0.29, 0.717) is 18.5 Å². The van der Waals surface area contributed by atoms with Gasteiger partial charge in [0.15, 0.2) is 17.3 Å². The summed E-state index contributed by atoms with van der Waals surface area (Å²) in [6, 6.07) is 6.20. The molecular formula is C20H22F3N3O6. The van der Waals surface area contributed by atoms with E-state index in [9.17, 15) is 13.2 Å². The molecule has 0 amide bonds. The molecule has 1 aromatic carbocycles. The van der Waals surface area contributed by atoms with Gasteiger partial charge in [-0.2, -0.15) is 18.2 Å². The Balaban J connectivity index is 0.000000307. The van der Waals surface area contributed by atoms with Crippen LogP contribution in [0.25, 0.3) is 0 Å². The Morgan fingerprint density at radius 2 is 2.06 bits per heavy atom. The molecule has 32 heavy (non-hydrogen) atoms. The van der Waals surface area contributed by atoms with Gasteiger partial charge in [0, 0.05) is 37.4 Å². The lowest BCUT2D eigenvalue weighted by molar-refractivity contribution is -0.192. The van der Waals surface area contributed by atoms with Crippen LogP contribution in [0, 0.1) is 18.3 Å². The third-order valence-corrected chi connectivity index (χ3v) is 5.75. The van der Waals surface area contributed by atoms with Gasteiger partial charge in [0.2, 0.25) is 12.7 Å². The lowest BCUT2D eigenvalue weighted by Gasteiger charge is -2.25. The monoisotopic (exact) mass is 457 g/mol. The Labute approximate surface area is 181 Å². The van der Waals surface area contributed by atoms with Crippen LogP contribution in [-0.2, 0) is 22.5 Å². The van der Waals surface area contributed by atoms with Crippen LogP contribution >= 0.6 is 0 Å². The van der Waals surface area contributed by atoms with Crippen molar-refractivity contribution >= 4 is 5.97 Å². The number of aliphatic carboxylic acids is 1. The highest BCUT2D eigenvalue weighted by Crippen LogP contribution is 2.44. The molecule has 0 aliphatic carbocycles. The number of hydrogen-bond acceptors (Lipinski definition) is 8. The van der Waals surface area contributed by atoms with E-state index < -0.39 is 12.1 Å². The number of carboxylic acids is 1. The summed E-state index contributed by atoms with van der Waals surface area (Å²) in [5.41, 5.74) is 1.32. The molecule has 5 rings (SSSR count). The van der Waals surface area contributed by atoms with Crippen molar-refractivity contribution in [1.82, 2.24) is 15.0 Å². The quantitative estimate of drug-likeness (QED) is 0.741. The molecular weight excluding hydrogens is 435 g/mol. The minimum atomic E-state index is -5.08. The molecule has 1 N–H and O–H groups in total. The van der Waals surface area contributed by atoms with E-state index in [1.165, 1.54) is 5.56 Å². The molecule has 1 aromatic heterocycles. The zero-order chi connectivity index (χ0) is 22.9. The van der Waals surface area contributed by atoms with E-state index in [-0.39, 0.29) is 5.41 Å². The number of likely N-dealkylation sites (tertiary alicyclic amines) is 1. The smallest absolute Gasteiger partial charge is 0.475 e. The number of aromatic nitrogens is 2. The molecule has 4 heterocycles. The van der Waals surface area contributed by atoms with Gasteiger partial charge in [-0.3, -0.25) is 4.90 Å². The number of nitrogens with zero attached hydrogens (tertiary/aromatic N) is 3. The molecule has 3 aliphatic rings. The number of halogens is 3. The predicted molar refractivity (Wildman–Crippen MR) is 101 cm³/mol. The second-order valence-corrected chi connectivity index (χ2v) is 8.15. The Hall–Kier alpha value is -2.86. The molecule has 0 unspecified atom stereocenters. The molecule has 2 fully saturated rings. The third kappa shape index (κ3) is 4.80. The maximum absolute atomic E-state index is 10.6. The largest absolute Gasteiger partial charge is 0.490 e. The zero-order valence-electron chi connectivity index (χ0n) is 17.2. The van der Waals surface area contributed by atoms with Crippen molar-refractivity contribution in [3.63, 3.8) is 0 Å². The van der Waals surface area contributed by atoms with Crippen molar-refractivity contribution in [2.75, 3.05) is 33.1 Å². The molecule has 0 spiro atoms. The minimum Gasteiger partial charge on any atom is -0.475 e. The highest BCUT2D eigenvalue weighted by molar-refractivity contribution is 5.73. The van der Waals surface area contributed by atoms with Crippen molar-refractivity contribution in [1.29, 1.82) is 0 Å². The minimum absolute atomic E-state index is 0.0787. The third-order valence-electron chi connectivity index (χ3n) is 5.75. The molecule has 12 heteroatoms. The summed E-state index contributed by atoms with van der Waals surface area (Å²) >= 11 is 0. The Bertz CT molecular complexity index is 982. The first-order valence-corrected chi connectivity index (χ1v) is 9.92. The van der Waals surface area contributed by atoms with Gasteiger partial charge in [0.25, 0.3) is 0 Å². The molecule has 0 radical (unpaired) electrons. The van der Waals surface area contributed by atoms with E-state index in [2.05, 4.69) is 27.2 Å². The average Bonchev–Trinajstić information content (AvgIpc) is 3.46. The number of carboxylic acid groups (broad SMARTS) is 1. The summed E-state index contributed by atoms with van der Waals surface area (Å²) in [6.45, 7) is 6.65. The fraction of sp³-hybridized carbons (Fsp3) is 0.550. The maximum atomic E-state index is 10.6. The second-order valence-electron chi connectivity index (χ2n) is 8.15. The fourth-order valence-corrected chi connectivity index (χ4v) is 4.32. The first-order valence-electron chi connectivity index (χ1n) is 9.92. The Morgan fingerprint density at radius 1 is 1.31 bits per heavy atom. The van der Waals surface area contributed by atoms with Gasteiger partial charge in [-0.15, -0.1) is 0 Å². The van der Waals surface area contributed by atoms with E-state index in [1.54, 1.807) is 0 Å². The highest BCUT2D eigenvalue weighted by atomic mass is 19.4. The number of aryl methyl sites for hydroxylation is 1. The summed E-state index contributed by atoms with van der Waals surface area (Å²) in [5, 5.41) is 11.0. The molecule has 3 aliphatic heterocycles. The van der Waals surface area contributed by atoms with Crippen LogP contribution in [0.3, 0.4) is 0 Å². The van der Waals surface area contributed by atoms with Crippen molar-refractivity contribution in [3.8, 4) is 11.5 Å². The number of ether oxygens (including phenoxy) is 3. The summed E-state index contributed by atoms with van der Waals surface area (Å²) in [6.07, 6.45) is -4.30. The highest BCUT2D eigenvalue weighted by Gasteiger charge is 2.51. The van der Waals surface area contributed by atoms with Crippen LogP contribution in [0.4, 0.5) is 13.2 Å². The summed E-state index contributed by atoms with van der Waals surface area (Å²) in [4.78, 5) is 15.8. The van der Waals surface area contributed by atoms with E-state index in [1.807, 2.05) is 13.0 Å². The number of rotatable bonds is 4. The summed E-state index contributed by atoms with van der Waals surface area (Å²) < 4.78 is 53.8. The zero-order valence-corrected chi connectivity index (χ0v) is 17.2. The second kappa shape index (κ2) is 8.58. The van der Waals surface area contributed by atoms with E-state index in [4.69, 9.17) is 28.6 Å². The molecule has 0 bridgehead atoms. The SMILES string of the molecule is Cc1noc(C[C@]23COC[C@H]2CN(Cc2ccc4c(c2)OCO4)C3)n1.O=C(O)C(F)(F)F. The lowest BCUT2D eigenvalue weighted by atomic mass is 9.78. The van der Waals surface area contributed by atoms with Crippen LogP contribution < -0.4 is 9.47 Å². The van der Waals surface area contributed by atoms with Crippen molar-refractivity contribution in [3.05, 3.63) is 35.5 Å². The fourth-order valence-electron chi connectivity index (χ4n) is 4.32. The molecule has 9 nitrogen and oxygen atoms in total. The van der Waals surface area contributed by atoms with E-state index in [0.717, 1.165) is 56.7 Å².